The highest BCUT2D eigenvalue weighted by atomic mass is 16.6. The first-order valence-electron chi connectivity index (χ1n) is 6.91. The van der Waals surface area contributed by atoms with Crippen LogP contribution in [0.5, 0.6) is 11.5 Å². The number of hydroxylamine groups is 1. The van der Waals surface area contributed by atoms with E-state index in [1.807, 2.05) is 36.4 Å². The van der Waals surface area contributed by atoms with Crippen LogP contribution in [0.1, 0.15) is 11.1 Å². The predicted molar refractivity (Wildman–Crippen MR) is 88.2 cm³/mol. The van der Waals surface area contributed by atoms with E-state index in [9.17, 15) is 10.2 Å². The number of nitrogens with one attached hydrogen (secondary N) is 1. The molecule has 4 heteroatoms. The van der Waals surface area contributed by atoms with Crippen LogP contribution >= 0.6 is 0 Å². The van der Waals surface area contributed by atoms with Crippen LogP contribution in [0.3, 0.4) is 0 Å². The first kappa shape index (κ1) is 15.8. The van der Waals surface area contributed by atoms with Crippen molar-refractivity contribution < 1.29 is 15.1 Å². The van der Waals surface area contributed by atoms with Crippen LogP contribution in [0.15, 0.2) is 60.7 Å². The normalized spacial score (nSPS) is 13.0. The zero-order valence-electron chi connectivity index (χ0n) is 12.3. The molecule has 0 bridgehead atoms. The minimum Gasteiger partial charge on any atom is -0.507 e. The molecule has 0 radical (unpaired) electrons. The van der Waals surface area contributed by atoms with Crippen molar-refractivity contribution in [1.29, 1.82) is 0 Å². The Morgan fingerprint density at radius 3 is 1.73 bits per heavy atom. The quantitative estimate of drug-likeness (QED) is 0.716. The van der Waals surface area contributed by atoms with Gasteiger partial charge in [-0.2, -0.15) is 5.48 Å². The van der Waals surface area contributed by atoms with Gasteiger partial charge in [-0.1, -0.05) is 60.7 Å². The summed E-state index contributed by atoms with van der Waals surface area (Å²) in [4.78, 5) is 4.96. The van der Waals surface area contributed by atoms with Crippen LogP contribution in [0.25, 0.3) is 12.2 Å². The molecular weight excluding hydrogens is 278 g/mol. The Morgan fingerprint density at radius 2 is 1.32 bits per heavy atom. The van der Waals surface area contributed by atoms with Gasteiger partial charge >= 0.3 is 0 Å². The summed E-state index contributed by atoms with van der Waals surface area (Å²) >= 11 is 0. The van der Waals surface area contributed by atoms with Gasteiger partial charge in [0.2, 0.25) is 0 Å². The van der Waals surface area contributed by atoms with Gasteiger partial charge in [-0.15, -0.1) is 0 Å². The average Bonchev–Trinajstić information content (AvgIpc) is 2.53. The lowest BCUT2D eigenvalue weighted by atomic mass is 10.1. The lowest BCUT2D eigenvalue weighted by Crippen LogP contribution is -2.23. The van der Waals surface area contributed by atoms with E-state index in [1.54, 1.807) is 36.4 Å². The van der Waals surface area contributed by atoms with Crippen LogP contribution in [0.2, 0.25) is 0 Å². The van der Waals surface area contributed by atoms with Crippen molar-refractivity contribution in [2.24, 2.45) is 0 Å². The van der Waals surface area contributed by atoms with E-state index in [-0.39, 0.29) is 17.5 Å². The highest BCUT2D eigenvalue weighted by Gasteiger charge is 2.01. The third-order valence-electron chi connectivity index (χ3n) is 3.09. The first-order valence-corrected chi connectivity index (χ1v) is 6.91. The van der Waals surface area contributed by atoms with E-state index in [2.05, 4.69) is 5.48 Å². The van der Waals surface area contributed by atoms with Crippen molar-refractivity contribution in [3.05, 3.63) is 71.8 Å². The van der Waals surface area contributed by atoms with E-state index < -0.39 is 0 Å². The van der Waals surface area contributed by atoms with Crippen LogP contribution in [0, 0.1) is 0 Å². The molecule has 0 spiro atoms. The van der Waals surface area contributed by atoms with E-state index >= 15 is 0 Å². The molecule has 22 heavy (non-hydrogen) atoms. The van der Waals surface area contributed by atoms with Gasteiger partial charge in [-0.3, -0.25) is 0 Å². The van der Waals surface area contributed by atoms with Crippen LogP contribution in [-0.2, 0) is 4.84 Å². The molecule has 0 atom stereocenters. The van der Waals surface area contributed by atoms with E-state index in [1.165, 1.54) is 7.11 Å². The first-order chi connectivity index (χ1) is 10.7. The van der Waals surface area contributed by atoms with Gasteiger partial charge < -0.3 is 15.1 Å². The van der Waals surface area contributed by atoms with Crippen LogP contribution in [-0.4, -0.2) is 23.4 Å². The molecule has 0 aliphatic carbocycles. The van der Waals surface area contributed by atoms with Gasteiger partial charge in [0.15, 0.2) is 0 Å². The molecule has 0 unspecified atom stereocenters. The maximum absolute atomic E-state index is 9.74. The SMILES string of the molecule is CONC(C=Cc1ccccc1O)C=Cc1ccccc1O. The highest BCUT2D eigenvalue weighted by Crippen LogP contribution is 2.19. The molecule has 0 aliphatic rings. The summed E-state index contributed by atoms with van der Waals surface area (Å²) in [7, 11) is 1.54. The Morgan fingerprint density at radius 1 is 0.864 bits per heavy atom. The van der Waals surface area contributed by atoms with Crippen molar-refractivity contribution in [3.63, 3.8) is 0 Å². The molecule has 0 saturated heterocycles. The zero-order valence-corrected chi connectivity index (χ0v) is 12.3. The van der Waals surface area contributed by atoms with E-state index in [4.69, 9.17) is 4.84 Å². The van der Waals surface area contributed by atoms with Crippen molar-refractivity contribution >= 4 is 12.2 Å². The highest BCUT2D eigenvalue weighted by molar-refractivity contribution is 5.60. The Bertz CT molecular complexity index is 609. The minimum absolute atomic E-state index is 0.204. The minimum atomic E-state index is -0.204. The number of phenolic OH excluding ortho intramolecular Hbond substituents is 2. The predicted octanol–water partition coefficient (Wildman–Crippen LogP) is 3.34. The Kier molecular flexibility index (Phi) is 5.77. The summed E-state index contributed by atoms with van der Waals surface area (Å²) in [5.41, 5.74) is 4.27. The van der Waals surface area contributed by atoms with Crippen LogP contribution in [0.4, 0.5) is 0 Å². The maximum atomic E-state index is 9.74. The van der Waals surface area contributed by atoms with Crippen molar-refractivity contribution in [2.45, 2.75) is 6.04 Å². The topological polar surface area (TPSA) is 61.7 Å². The third kappa shape index (κ3) is 4.48. The van der Waals surface area contributed by atoms with Crippen molar-refractivity contribution in [2.75, 3.05) is 7.11 Å². The summed E-state index contributed by atoms with van der Waals surface area (Å²) < 4.78 is 0. The number of hydrogen-bond acceptors (Lipinski definition) is 4. The second-order valence-corrected chi connectivity index (χ2v) is 4.68. The van der Waals surface area contributed by atoms with Crippen molar-refractivity contribution in [1.82, 2.24) is 5.48 Å². The number of rotatable bonds is 6. The van der Waals surface area contributed by atoms with Crippen molar-refractivity contribution in [3.8, 4) is 11.5 Å². The molecule has 114 valence electrons. The zero-order chi connectivity index (χ0) is 15.8. The molecule has 2 aromatic carbocycles. The Balaban J connectivity index is 2.13. The molecule has 0 amide bonds. The van der Waals surface area contributed by atoms with Gasteiger partial charge in [0.25, 0.3) is 0 Å². The second-order valence-electron chi connectivity index (χ2n) is 4.68. The van der Waals surface area contributed by atoms with E-state index in [0.29, 0.717) is 0 Å². The molecule has 0 fully saturated rings. The lowest BCUT2D eigenvalue weighted by Gasteiger charge is -2.09. The van der Waals surface area contributed by atoms with Gasteiger partial charge in [0, 0.05) is 11.1 Å². The molecule has 2 aromatic rings. The largest absolute Gasteiger partial charge is 0.507 e. The fourth-order valence-corrected chi connectivity index (χ4v) is 1.95. The fraction of sp³-hybridized carbons (Fsp3) is 0.111. The number of para-hydroxylation sites is 2. The standard InChI is InChI=1S/C18H19NO3/c1-22-19-16(12-10-14-6-2-4-8-17(14)20)13-11-15-7-3-5-9-18(15)21/h2-13,16,19-21H,1H3. The number of hydrogen-bond donors (Lipinski definition) is 3. The molecule has 0 aromatic heterocycles. The molecule has 0 aliphatic heterocycles. The molecule has 4 nitrogen and oxygen atoms in total. The monoisotopic (exact) mass is 297 g/mol. The molecule has 3 N–H and O–H groups in total. The number of benzene rings is 2. The summed E-state index contributed by atoms with van der Waals surface area (Å²) in [6, 6.07) is 14.0. The summed E-state index contributed by atoms with van der Waals surface area (Å²) in [5, 5.41) is 19.5. The smallest absolute Gasteiger partial charge is 0.122 e. The summed E-state index contributed by atoms with van der Waals surface area (Å²) in [6.45, 7) is 0. The van der Waals surface area contributed by atoms with Gasteiger partial charge in [0.1, 0.15) is 11.5 Å². The van der Waals surface area contributed by atoms with Gasteiger partial charge in [-0.05, 0) is 12.1 Å². The average molecular weight is 297 g/mol. The lowest BCUT2D eigenvalue weighted by molar-refractivity contribution is 0.0851. The Hall–Kier alpha value is -2.56. The third-order valence-corrected chi connectivity index (χ3v) is 3.09. The summed E-state index contributed by atoms with van der Waals surface area (Å²) in [6.07, 6.45) is 7.33. The number of phenols is 2. The van der Waals surface area contributed by atoms with Gasteiger partial charge in [-0.25, -0.2) is 0 Å². The fourth-order valence-electron chi connectivity index (χ4n) is 1.95. The van der Waals surface area contributed by atoms with Gasteiger partial charge in [0.05, 0.1) is 13.2 Å². The molecular formula is C18H19NO3. The molecule has 2 rings (SSSR count). The molecule has 0 heterocycles. The second kappa shape index (κ2) is 8.02. The van der Waals surface area contributed by atoms with Crippen LogP contribution < -0.4 is 5.48 Å². The Labute approximate surface area is 130 Å². The maximum Gasteiger partial charge on any atom is 0.122 e. The molecule has 0 saturated carbocycles. The number of aromatic hydroxyl groups is 2. The van der Waals surface area contributed by atoms with E-state index in [0.717, 1.165) is 11.1 Å². The summed E-state index contributed by atoms with van der Waals surface area (Å²) in [5.74, 6) is 0.444.